The lowest BCUT2D eigenvalue weighted by Crippen LogP contribution is -2.60. The van der Waals surface area contributed by atoms with Crippen LogP contribution in [-0.4, -0.2) is 85.9 Å². The van der Waals surface area contributed by atoms with Crippen LogP contribution in [0.25, 0.3) is 11.1 Å². The Balaban J connectivity index is 1.92. The van der Waals surface area contributed by atoms with Crippen LogP contribution in [0.5, 0.6) is 17.2 Å². The molecule has 1 aliphatic heterocycles. The van der Waals surface area contributed by atoms with Gasteiger partial charge in [-0.05, 0) is 46.9 Å². The molecule has 0 aromatic heterocycles. The number of nitrogens with one attached hydrogen (secondary N) is 1. The maximum atomic E-state index is 12.2. The SMILES string of the molecule is COc1c(O[C@@H]2O[C@H](CO)[C@@H](O)[C@H](O)[C@H]2O)cc2c(c1OC)-c1ccc([Si](C)(C)C)c(=S)cc1C(NC(C)=O)CC2. The van der Waals surface area contributed by atoms with Crippen LogP contribution in [0, 0.1) is 4.51 Å². The van der Waals surface area contributed by atoms with Crippen LogP contribution in [-0.2, 0) is 16.0 Å². The summed E-state index contributed by atoms with van der Waals surface area (Å²) in [5.41, 5.74) is 3.31. The standard InChI is InChI=1S/C29H39NO9SSi/c1-14(32)30-18-9-7-15-11-19(38-29-26(35)25(34)24(33)20(13-31)39-29)27(36-2)28(37-3)23(15)16-8-10-22(41(4,5)6)21(40)12-17(16)18/h8,10-12,18,20,24-26,29,31,33-35H,7,9,13H2,1-6H3,(H,30,32)/t18?,20-,24-,25+,26-,29-/m1/s1. The lowest BCUT2D eigenvalue weighted by Gasteiger charge is -2.39. The van der Waals surface area contributed by atoms with Gasteiger partial charge < -0.3 is 44.7 Å². The summed E-state index contributed by atoms with van der Waals surface area (Å²) in [5, 5.41) is 44.8. The van der Waals surface area contributed by atoms with E-state index in [1.807, 2.05) is 12.1 Å². The number of aliphatic hydroxyl groups is 4. The lowest BCUT2D eigenvalue weighted by atomic mass is 9.95. The van der Waals surface area contributed by atoms with E-state index in [1.165, 1.54) is 21.1 Å². The van der Waals surface area contributed by atoms with Crippen molar-refractivity contribution in [2.24, 2.45) is 0 Å². The summed E-state index contributed by atoms with van der Waals surface area (Å²) in [6.07, 6.45) is -6.17. The maximum absolute atomic E-state index is 12.2. The molecule has 0 spiro atoms. The number of fused-ring (bicyclic) bond motifs is 3. The number of benzene rings is 1. The zero-order valence-electron chi connectivity index (χ0n) is 24.1. The molecule has 1 saturated heterocycles. The largest absolute Gasteiger partial charge is 0.492 e. The van der Waals surface area contributed by atoms with Crippen LogP contribution in [0.2, 0.25) is 19.6 Å². The fraction of sp³-hybridized carbons (Fsp3) is 0.517. The Morgan fingerprint density at radius 1 is 1.07 bits per heavy atom. The molecule has 1 unspecified atom stereocenters. The molecule has 5 N–H and O–H groups in total. The van der Waals surface area contributed by atoms with Crippen molar-refractivity contribution in [2.45, 2.75) is 76.2 Å². The van der Waals surface area contributed by atoms with Crippen molar-refractivity contribution < 1.29 is 44.2 Å². The Hall–Kier alpha value is -2.58. The first-order chi connectivity index (χ1) is 19.3. The van der Waals surface area contributed by atoms with E-state index in [0.29, 0.717) is 18.6 Å². The van der Waals surface area contributed by atoms with Gasteiger partial charge in [-0.2, -0.15) is 0 Å². The Morgan fingerprint density at radius 2 is 1.76 bits per heavy atom. The second kappa shape index (κ2) is 12.3. The molecule has 224 valence electrons. The van der Waals surface area contributed by atoms with E-state index < -0.39 is 45.4 Å². The van der Waals surface area contributed by atoms with Gasteiger partial charge in [0.1, 0.15) is 24.4 Å². The van der Waals surface area contributed by atoms with Crippen LogP contribution in [0.4, 0.5) is 0 Å². The van der Waals surface area contributed by atoms with Crippen molar-refractivity contribution in [2.75, 3.05) is 20.8 Å². The number of aliphatic hydroxyl groups excluding tert-OH is 4. The third-order valence-electron chi connectivity index (χ3n) is 7.60. The summed E-state index contributed by atoms with van der Waals surface area (Å²) in [6, 6.07) is 7.52. The molecule has 1 heterocycles. The van der Waals surface area contributed by atoms with Gasteiger partial charge in [0, 0.05) is 17.0 Å². The molecule has 6 atom stereocenters. The molecule has 1 amide bonds. The predicted molar refractivity (Wildman–Crippen MR) is 158 cm³/mol. The van der Waals surface area contributed by atoms with Crippen molar-refractivity contribution in [1.29, 1.82) is 0 Å². The first-order valence-electron chi connectivity index (χ1n) is 13.5. The number of hydrogen-bond acceptors (Lipinski definition) is 10. The minimum atomic E-state index is -1.80. The van der Waals surface area contributed by atoms with Crippen LogP contribution in [0.3, 0.4) is 0 Å². The van der Waals surface area contributed by atoms with Gasteiger partial charge in [-0.3, -0.25) is 4.79 Å². The number of carbonyl (C=O) groups excluding carboxylic acids is 1. The van der Waals surface area contributed by atoms with Gasteiger partial charge in [0.15, 0.2) is 11.5 Å². The first-order valence-corrected chi connectivity index (χ1v) is 17.4. The molecule has 2 aromatic carbocycles. The predicted octanol–water partition coefficient (Wildman–Crippen LogP) is 1.95. The molecule has 4 rings (SSSR count). The highest BCUT2D eigenvalue weighted by atomic mass is 32.1. The lowest BCUT2D eigenvalue weighted by molar-refractivity contribution is -0.277. The van der Waals surface area contributed by atoms with Crippen molar-refractivity contribution in [3.63, 3.8) is 0 Å². The third-order valence-corrected chi connectivity index (χ3v) is 10.2. The smallest absolute Gasteiger partial charge is 0.229 e. The molecule has 0 bridgehead atoms. The molecule has 2 aromatic rings. The maximum Gasteiger partial charge on any atom is 0.229 e. The fourth-order valence-corrected chi connectivity index (χ4v) is 8.06. The zero-order valence-corrected chi connectivity index (χ0v) is 25.9. The zero-order chi connectivity index (χ0) is 30.2. The highest BCUT2D eigenvalue weighted by molar-refractivity contribution is 7.71. The normalized spacial score (nSPS) is 25.8. The number of hydrogen-bond donors (Lipinski definition) is 5. The Morgan fingerprint density at radius 3 is 2.34 bits per heavy atom. The van der Waals surface area contributed by atoms with E-state index >= 15 is 0 Å². The number of carbonyl (C=O) groups is 1. The van der Waals surface area contributed by atoms with Crippen molar-refractivity contribution >= 4 is 31.4 Å². The van der Waals surface area contributed by atoms with Gasteiger partial charge in [-0.1, -0.05) is 44.0 Å². The third kappa shape index (κ3) is 6.14. The number of aryl methyl sites for hydroxylation is 1. The van der Waals surface area contributed by atoms with Crippen molar-refractivity contribution in [1.82, 2.24) is 5.32 Å². The molecule has 12 heteroatoms. The summed E-state index contributed by atoms with van der Waals surface area (Å²) in [4.78, 5) is 12.2. The van der Waals surface area contributed by atoms with E-state index in [1.54, 1.807) is 6.07 Å². The molecule has 0 radical (unpaired) electrons. The van der Waals surface area contributed by atoms with Crippen LogP contribution in [0.15, 0.2) is 24.3 Å². The number of ether oxygens (including phenoxy) is 4. The minimum Gasteiger partial charge on any atom is -0.492 e. The summed E-state index contributed by atoms with van der Waals surface area (Å²) in [7, 11) is 1.17. The fourth-order valence-electron chi connectivity index (χ4n) is 5.55. The Bertz CT molecular complexity index is 1360. The summed E-state index contributed by atoms with van der Waals surface area (Å²) < 4.78 is 24.0. The number of rotatable bonds is 7. The molecule has 41 heavy (non-hydrogen) atoms. The van der Waals surface area contributed by atoms with Gasteiger partial charge in [-0.15, -0.1) is 0 Å². The van der Waals surface area contributed by atoms with Gasteiger partial charge >= 0.3 is 0 Å². The first kappa shape index (κ1) is 31.4. The molecular weight excluding hydrogens is 566 g/mol. The monoisotopic (exact) mass is 605 g/mol. The Kier molecular flexibility index (Phi) is 9.44. The number of amides is 1. The topological polar surface area (TPSA) is 147 Å². The van der Waals surface area contributed by atoms with E-state index in [4.69, 9.17) is 31.2 Å². The van der Waals surface area contributed by atoms with Crippen molar-refractivity contribution in [3.05, 3.63) is 39.9 Å². The second-order valence-corrected chi connectivity index (χ2v) is 16.9. The summed E-state index contributed by atoms with van der Waals surface area (Å²) in [6.45, 7) is 7.59. The highest BCUT2D eigenvalue weighted by Crippen LogP contribution is 2.50. The van der Waals surface area contributed by atoms with Gasteiger partial charge in [0.2, 0.25) is 17.9 Å². The highest BCUT2D eigenvalue weighted by Gasteiger charge is 2.45. The number of methoxy groups -OCH3 is 2. The minimum absolute atomic E-state index is 0.161. The van der Waals surface area contributed by atoms with Gasteiger partial charge in [0.05, 0.1) is 34.9 Å². The van der Waals surface area contributed by atoms with Crippen LogP contribution in [0.1, 0.15) is 30.5 Å². The van der Waals surface area contributed by atoms with Gasteiger partial charge in [-0.25, -0.2) is 0 Å². The molecule has 0 saturated carbocycles. The molecule has 1 aliphatic carbocycles. The van der Waals surface area contributed by atoms with Gasteiger partial charge in [0.25, 0.3) is 0 Å². The molecule has 2 aliphatic rings. The molecule has 10 nitrogen and oxygen atoms in total. The van der Waals surface area contributed by atoms with E-state index in [0.717, 1.165) is 32.0 Å². The Labute approximate surface area is 245 Å². The molecule has 1 fully saturated rings. The quantitative estimate of drug-likeness (QED) is 0.234. The van der Waals surface area contributed by atoms with E-state index in [2.05, 4.69) is 31.0 Å². The molecular formula is C29H39NO9SSi. The van der Waals surface area contributed by atoms with E-state index in [-0.39, 0.29) is 23.4 Å². The van der Waals surface area contributed by atoms with Crippen molar-refractivity contribution in [3.8, 4) is 28.4 Å². The summed E-state index contributed by atoms with van der Waals surface area (Å²) in [5.74, 6) is 0.619. The van der Waals surface area contributed by atoms with Crippen LogP contribution >= 0.6 is 12.2 Å². The van der Waals surface area contributed by atoms with Crippen LogP contribution < -0.4 is 24.7 Å². The average Bonchev–Trinajstić information content (AvgIpc) is 3.16. The summed E-state index contributed by atoms with van der Waals surface area (Å²) >= 11 is 5.88. The van der Waals surface area contributed by atoms with E-state index in [9.17, 15) is 25.2 Å². The average molecular weight is 606 g/mol. The second-order valence-electron chi connectivity index (χ2n) is 11.5.